The lowest BCUT2D eigenvalue weighted by Gasteiger charge is -2.22. The molecule has 0 aromatic carbocycles. The van der Waals surface area contributed by atoms with Crippen molar-refractivity contribution < 1.29 is 19.2 Å². The van der Waals surface area contributed by atoms with Gasteiger partial charge in [0.15, 0.2) is 0 Å². The van der Waals surface area contributed by atoms with E-state index < -0.39 is 10.8 Å². The fraction of sp³-hybridized carbons (Fsp3) is 0.778. The Labute approximate surface area is 134 Å². The molecule has 0 saturated heterocycles. The molecule has 4 heteroatoms. The van der Waals surface area contributed by atoms with Crippen molar-refractivity contribution in [1.82, 2.24) is 0 Å². The molecule has 0 unspecified atom stereocenters. The van der Waals surface area contributed by atoms with Crippen LogP contribution >= 0.6 is 0 Å². The van der Waals surface area contributed by atoms with Crippen LogP contribution in [0, 0.1) is 10.8 Å². The lowest BCUT2D eigenvalue weighted by atomic mass is 9.80. The van der Waals surface area contributed by atoms with E-state index >= 15 is 0 Å². The molecule has 0 aliphatic heterocycles. The Hall–Kier alpha value is -1.32. The Morgan fingerprint density at radius 2 is 1.45 bits per heavy atom. The van der Waals surface area contributed by atoms with Crippen LogP contribution in [-0.2, 0) is 19.2 Å². The summed E-state index contributed by atoms with van der Waals surface area (Å²) in [5, 5.41) is 0. The molecular weight excluding hydrogens is 280 g/mol. The maximum atomic E-state index is 12.2. The molecule has 126 valence electrons. The molecule has 0 rings (SSSR count). The third kappa shape index (κ3) is 8.85. The van der Waals surface area contributed by atoms with Gasteiger partial charge in [-0.15, -0.1) is 0 Å². The molecule has 22 heavy (non-hydrogen) atoms. The van der Waals surface area contributed by atoms with Crippen LogP contribution in [0.2, 0.25) is 0 Å². The Kier molecular flexibility index (Phi) is 8.43. The summed E-state index contributed by atoms with van der Waals surface area (Å²) >= 11 is 0. The molecule has 0 bridgehead atoms. The molecule has 0 heterocycles. The number of Topliss-reactive ketones (excluding diaryl/α,β-unsaturated/α-hetero) is 3. The van der Waals surface area contributed by atoms with Gasteiger partial charge in [-0.05, 0) is 32.6 Å². The summed E-state index contributed by atoms with van der Waals surface area (Å²) in [7, 11) is 0. The van der Waals surface area contributed by atoms with Crippen LogP contribution < -0.4 is 0 Å². The first-order valence-electron chi connectivity index (χ1n) is 8.01. The van der Waals surface area contributed by atoms with Crippen LogP contribution in [0.1, 0.15) is 79.6 Å². The second-order valence-electron chi connectivity index (χ2n) is 7.54. The van der Waals surface area contributed by atoms with Crippen LogP contribution in [0.25, 0.3) is 0 Å². The Morgan fingerprint density at radius 1 is 0.909 bits per heavy atom. The summed E-state index contributed by atoms with van der Waals surface area (Å²) < 4.78 is 0. The molecule has 0 atom stereocenters. The maximum Gasteiger partial charge on any atom is 0.145 e. The monoisotopic (exact) mass is 310 g/mol. The number of ketones is 3. The molecule has 0 spiro atoms. The van der Waals surface area contributed by atoms with E-state index in [1.165, 1.54) is 0 Å². The lowest BCUT2D eigenvalue weighted by molar-refractivity contribution is -0.133. The third-order valence-corrected chi connectivity index (χ3v) is 4.04. The van der Waals surface area contributed by atoms with Crippen molar-refractivity contribution in [1.29, 1.82) is 0 Å². The van der Waals surface area contributed by atoms with E-state index in [1.54, 1.807) is 6.92 Å². The van der Waals surface area contributed by atoms with Crippen LogP contribution in [-0.4, -0.2) is 23.6 Å². The van der Waals surface area contributed by atoms with E-state index in [0.29, 0.717) is 38.5 Å². The molecule has 0 aliphatic carbocycles. The van der Waals surface area contributed by atoms with E-state index in [-0.39, 0.29) is 23.8 Å². The van der Waals surface area contributed by atoms with Crippen molar-refractivity contribution in [2.24, 2.45) is 10.8 Å². The normalized spacial score (nSPS) is 12.0. The second kappa shape index (κ2) is 8.96. The molecular formula is C18H30O4. The number of aldehydes is 1. The Bertz CT molecular complexity index is 419. The smallest absolute Gasteiger partial charge is 0.145 e. The summed E-state index contributed by atoms with van der Waals surface area (Å²) in [5.74, 6) is -0.000778. The minimum Gasteiger partial charge on any atom is -0.303 e. The summed E-state index contributed by atoms with van der Waals surface area (Å²) in [5.41, 5.74) is -0.969. The average Bonchev–Trinajstić information content (AvgIpc) is 2.37. The molecule has 4 nitrogen and oxygen atoms in total. The van der Waals surface area contributed by atoms with E-state index in [1.807, 2.05) is 27.7 Å². The summed E-state index contributed by atoms with van der Waals surface area (Å²) in [4.78, 5) is 45.8. The van der Waals surface area contributed by atoms with Gasteiger partial charge in [0, 0.05) is 23.7 Å². The predicted octanol–water partition coefficient (Wildman–Crippen LogP) is 3.70. The van der Waals surface area contributed by atoms with Crippen LogP contribution in [0.4, 0.5) is 0 Å². The number of hydrogen-bond acceptors (Lipinski definition) is 4. The van der Waals surface area contributed by atoms with Crippen molar-refractivity contribution in [3.05, 3.63) is 0 Å². The SMILES string of the molecule is CC(=O)CCCC(C)(C)C(=O)CC(=O)CCCC(C)(C)C=O. The lowest BCUT2D eigenvalue weighted by Crippen LogP contribution is -2.26. The van der Waals surface area contributed by atoms with E-state index in [2.05, 4.69) is 0 Å². The van der Waals surface area contributed by atoms with Gasteiger partial charge in [-0.1, -0.05) is 27.7 Å². The van der Waals surface area contributed by atoms with E-state index in [9.17, 15) is 19.2 Å². The molecule has 0 saturated carbocycles. The van der Waals surface area contributed by atoms with Gasteiger partial charge >= 0.3 is 0 Å². The van der Waals surface area contributed by atoms with Gasteiger partial charge in [-0.2, -0.15) is 0 Å². The van der Waals surface area contributed by atoms with Gasteiger partial charge in [0.1, 0.15) is 23.6 Å². The minimum atomic E-state index is -0.562. The molecule has 0 aromatic rings. The van der Waals surface area contributed by atoms with Gasteiger partial charge < -0.3 is 9.59 Å². The zero-order valence-electron chi connectivity index (χ0n) is 14.7. The van der Waals surface area contributed by atoms with Gasteiger partial charge in [0.25, 0.3) is 0 Å². The molecule has 0 aliphatic rings. The first-order chi connectivity index (χ1) is 10.00. The van der Waals surface area contributed by atoms with Gasteiger partial charge in [-0.3, -0.25) is 9.59 Å². The highest BCUT2D eigenvalue weighted by Gasteiger charge is 2.28. The van der Waals surface area contributed by atoms with E-state index in [0.717, 1.165) is 6.29 Å². The van der Waals surface area contributed by atoms with Crippen molar-refractivity contribution in [2.45, 2.75) is 79.6 Å². The predicted molar refractivity (Wildman–Crippen MR) is 86.6 cm³/mol. The summed E-state index contributed by atoms with van der Waals surface area (Å²) in [6.45, 7) is 8.89. The zero-order chi connectivity index (χ0) is 17.4. The van der Waals surface area contributed by atoms with Crippen molar-refractivity contribution in [3.8, 4) is 0 Å². The van der Waals surface area contributed by atoms with Gasteiger partial charge in [0.05, 0.1) is 6.42 Å². The standard InChI is InChI=1S/C18H30O4/c1-14(20)8-6-11-18(4,5)16(22)12-15(21)9-7-10-17(2,3)13-19/h13H,6-12H2,1-5H3. The van der Waals surface area contributed by atoms with Gasteiger partial charge in [-0.25, -0.2) is 0 Å². The van der Waals surface area contributed by atoms with Crippen molar-refractivity contribution >= 4 is 23.6 Å². The molecule has 0 amide bonds. The molecule has 0 radical (unpaired) electrons. The fourth-order valence-corrected chi connectivity index (χ4v) is 2.23. The first-order valence-corrected chi connectivity index (χ1v) is 8.01. The number of carbonyl (C=O) groups is 4. The van der Waals surface area contributed by atoms with Gasteiger partial charge in [0.2, 0.25) is 0 Å². The summed E-state index contributed by atoms with van der Waals surface area (Å²) in [6.07, 6.45) is 4.25. The van der Waals surface area contributed by atoms with Crippen molar-refractivity contribution in [3.63, 3.8) is 0 Å². The van der Waals surface area contributed by atoms with Crippen LogP contribution in [0.5, 0.6) is 0 Å². The fourth-order valence-electron chi connectivity index (χ4n) is 2.23. The van der Waals surface area contributed by atoms with Crippen LogP contribution in [0.15, 0.2) is 0 Å². The largest absolute Gasteiger partial charge is 0.303 e. The van der Waals surface area contributed by atoms with E-state index in [4.69, 9.17) is 0 Å². The highest BCUT2D eigenvalue weighted by atomic mass is 16.2. The first kappa shape index (κ1) is 20.7. The highest BCUT2D eigenvalue weighted by Crippen LogP contribution is 2.27. The number of hydrogen-bond donors (Lipinski definition) is 0. The number of carbonyl (C=O) groups excluding carboxylic acids is 4. The van der Waals surface area contributed by atoms with Crippen LogP contribution in [0.3, 0.4) is 0 Å². The third-order valence-electron chi connectivity index (χ3n) is 4.04. The number of rotatable bonds is 12. The second-order valence-corrected chi connectivity index (χ2v) is 7.54. The quantitative estimate of drug-likeness (QED) is 0.407. The molecule has 0 aromatic heterocycles. The average molecular weight is 310 g/mol. The zero-order valence-corrected chi connectivity index (χ0v) is 14.7. The van der Waals surface area contributed by atoms with Crippen molar-refractivity contribution in [2.75, 3.05) is 0 Å². The molecule has 0 fully saturated rings. The maximum absolute atomic E-state index is 12.2. The summed E-state index contributed by atoms with van der Waals surface area (Å²) in [6, 6.07) is 0. The highest BCUT2D eigenvalue weighted by molar-refractivity contribution is 6.01. The topological polar surface area (TPSA) is 68.3 Å². The Morgan fingerprint density at radius 3 is 1.95 bits per heavy atom. The Balaban J connectivity index is 4.19. The molecule has 0 N–H and O–H groups in total. The minimum absolute atomic E-state index is 0.0470.